The minimum atomic E-state index is -0.239. The van der Waals surface area contributed by atoms with Gasteiger partial charge in [0.25, 0.3) is 0 Å². The number of aliphatic hydroxyl groups excluding tert-OH is 1. The molecule has 3 fully saturated rings. The fourth-order valence-corrected chi connectivity index (χ4v) is 9.00. The molecule has 2 bridgehead atoms. The van der Waals surface area contributed by atoms with Gasteiger partial charge in [0.15, 0.2) is 5.65 Å². The van der Waals surface area contributed by atoms with E-state index in [2.05, 4.69) is 66.1 Å². The first-order chi connectivity index (χ1) is 18.7. The van der Waals surface area contributed by atoms with Crippen LogP contribution in [0, 0.1) is 26.7 Å². The first-order valence-electron chi connectivity index (χ1n) is 14.4. The quantitative estimate of drug-likeness (QED) is 0.323. The second-order valence-corrected chi connectivity index (χ2v) is 13.5. The minimum absolute atomic E-state index is 0.111. The van der Waals surface area contributed by atoms with E-state index in [-0.39, 0.29) is 18.1 Å². The number of rotatable bonds is 6. The van der Waals surface area contributed by atoms with E-state index in [1.807, 2.05) is 15.9 Å². The van der Waals surface area contributed by atoms with Gasteiger partial charge in [0, 0.05) is 40.7 Å². The molecule has 9 heteroatoms. The summed E-state index contributed by atoms with van der Waals surface area (Å²) in [5.74, 6) is 1.67. The third-order valence-electron chi connectivity index (χ3n) is 9.75. The van der Waals surface area contributed by atoms with Crippen LogP contribution in [-0.4, -0.2) is 66.8 Å². The van der Waals surface area contributed by atoms with Crippen molar-refractivity contribution in [1.29, 1.82) is 0 Å². The Bertz CT molecular complexity index is 1590. The monoisotopic (exact) mass is 546 g/mol. The van der Waals surface area contributed by atoms with Gasteiger partial charge < -0.3 is 15.4 Å². The Kier molecular flexibility index (Phi) is 5.92. The molecular weight excluding hydrogens is 508 g/mol. The molecule has 2 unspecified atom stereocenters. The average molecular weight is 547 g/mol. The molecule has 1 aliphatic heterocycles. The second kappa shape index (κ2) is 9.14. The Balaban J connectivity index is 1.16. The van der Waals surface area contributed by atoms with Crippen molar-refractivity contribution in [3.8, 4) is 11.3 Å². The normalized spacial score (nSPS) is 26.8. The molecule has 1 saturated heterocycles. The molecule has 0 spiro atoms. The van der Waals surface area contributed by atoms with Crippen molar-refractivity contribution in [3.63, 3.8) is 0 Å². The third-order valence-corrected chi connectivity index (χ3v) is 11.1. The number of carbonyl (C=O) groups is 1. The Labute approximate surface area is 232 Å². The third kappa shape index (κ3) is 3.96. The van der Waals surface area contributed by atoms with Crippen molar-refractivity contribution in [1.82, 2.24) is 29.8 Å². The number of hydrogen-bond donors (Lipinski definition) is 3. The number of thiophene rings is 1. The molecule has 7 rings (SSSR count). The number of piperidine rings is 1. The van der Waals surface area contributed by atoms with Crippen molar-refractivity contribution in [2.45, 2.75) is 90.3 Å². The standard InChI is InChI=1S/C30H38N6O2S/c1-14(2)25-26-17(5)28(22-9-20-6-18(22)10-35(20)12-24(38)33-19-7-21(37)8-19)39-30(26)34-27(25)23-11-36-29(31-13-32-36)16(4)15(23)3/h11,13-14,18-22,34,37H,6-10,12H2,1-5H3,(H,33,38)/t18?,19?,20?,21?,22-/m1/s1. The number of amides is 1. The molecule has 0 radical (unpaired) electrons. The molecule has 3 N–H and O–H groups in total. The summed E-state index contributed by atoms with van der Waals surface area (Å²) in [6.45, 7) is 12.7. The number of aromatic amines is 1. The number of hydrogen-bond acceptors (Lipinski definition) is 6. The molecule has 3 atom stereocenters. The topological polar surface area (TPSA) is 98.5 Å². The fourth-order valence-electron chi connectivity index (χ4n) is 7.57. The smallest absolute Gasteiger partial charge is 0.234 e. The Morgan fingerprint density at radius 2 is 1.97 bits per heavy atom. The van der Waals surface area contributed by atoms with Crippen LogP contribution in [0.5, 0.6) is 0 Å². The summed E-state index contributed by atoms with van der Waals surface area (Å²) < 4.78 is 1.89. The zero-order valence-electron chi connectivity index (χ0n) is 23.4. The van der Waals surface area contributed by atoms with E-state index in [4.69, 9.17) is 0 Å². The Hall–Kier alpha value is -2.75. The molecule has 8 nitrogen and oxygen atoms in total. The van der Waals surface area contributed by atoms with Gasteiger partial charge >= 0.3 is 0 Å². The number of pyridine rings is 1. The second-order valence-electron chi connectivity index (χ2n) is 12.5. The number of aromatic nitrogens is 4. The highest BCUT2D eigenvalue weighted by Crippen LogP contribution is 2.53. The highest BCUT2D eigenvalue weighted by molar-refractivity contribution is 7.19. The molecule has 3 aliphatic rings. The molecule has 1 amide bonds. The zero-order chi connectivity index (χ0) is 27.2. The number of nitrogens with zero attached hydrogens (tertiary/aromatic N) is 4. The van der Waals surface area contributed by atoms with Crippen LogP contribution in [0.1, 0.15) is 78.5 Å². The van der Waals surface area contributed by atoms with Crippen molar-refractivity contribution in [2.24, 2.45) is 5.92 Å². The lowest BCUT2D eigenvalue weighted by atomic mass is 9.88. The fraction of sp³-hybridized carbons (Fsp3) is 0.567. The maximum absolute atomic E-state index is 12.6. The van der Waals surface area contributed by atoms with Crippen molar-refractivity contribution < 1.29 is 9.90 Å². The summed E-state index contributed by atoms with van der Waals surface area (Å²) >= 11 is 1.95. The average Bonchev–Trinajstić information content (AvgIpc) is 3.67. The Morgan fingerprint density at radius 3 is 2.67 bits per heavy atom. The van der Waals surface area contributed by atoms with Crippen LogP contribution in [0.4, 0.5) is 0 Å². The van der Waals surface area contributed by atoms with E-state index in [1.165, 1.54) is 55.0 Å². The molecule has 5 heterocycles. The SMILES string of the molecule is Cc1c(-c2[nH]c3sc([C@@H]4CC5CC4CN5CC(=O)NC4CC(O)C4)c(C)c3c2C(C)C)cn2ncnc2c1C. The van der Waals surface area contributed by atoms with Gasteiger partial charge in [-0.05, 0) is 86.5 Å². The van der Waals surface area contributed by atoms with Gasteiger partial charge in [-0.25, -0.2) is 9.50 Å². The van der Waals surface area contributed by atoms with Crippen molar-refractivity contribution in [3.05, 3.63) is 39.7 Å². The number of carbonyl (C=O) groups excluding carboxylic acids is 1. The first kappa shape index (κ1) is 25.2. The molecule has 206 valence electrons. The summed E-state index contributed by atoms with van der Waals surface area (Å²) in [6.07, 6.45) is 7.21. The minimum Gasteiger partial charge on any atom is -0.393 e. The van der Waals surface area contributed by atoms with Gasteiger partial charge in [-0.2, -0.15) is 5.10 Å². The number of aryl methyl sites for hydroxylation is 2. The lowest BCUT2D eigenvalue weighted by Crippen LogP contribution is -2.50. The van der Waals surface area contributed by atoms with Gasteiger partial charge in [-0.15, -0.1) is 11.3 Å². The zero-order valence-corrected chi connectivity index (χ0v) is 24.2. The molecule has 4 aromatic heterocycles. The highest BCUT2D eigenvalue weighted by Gasteiger charge is 2.47. The molecular formula is C30H38N6O2S. The summed E-state index contributed by atoms with van der Waals surface area (Å²) in [4.78, 5) is 26.1. The number of fused-ring (bicyclic) bond motifs is 4. The predicted molar refractivity (Wildman–Crippen MR) is 154 cm³/mol. The lowest BCUT2D eigenvalue weighted by molar-refractivity contribution is -0.124. The highest BCUT2D eigenvalue weighted by atomic mass is 32.1. The van der Waals surface area contributed by atoms with E-state index >= 15 is 0 Å². The summed E-state index contributed by atoms with van der Waals surface area (Å²) in [7, 11) is 0. The van der Waals surface area contributed by atoms with Gasteiger partial charge in [-0.3, -0.25) is 9.69 Å². The molecule has 2 aliphatic carbocycles. The van der Waals surface area contributed by atoms with Crippen LogP contribution >= 0.6 is 11.3 Å². The molecule has 4 aromatic rings. The number of aliphatic hydroxyl groups is 1. The van der Waals surface area contributed by atoms with Crippen LogP contribution in [0.15, 0.2) is 12.5 Å². The van der Waals surface area contributed by atoms with E-state index in [0.29, 0.717) is 43.2 Å². The first-order valence-corrected chi connectivity index (χ1v) is 15.2. The molecule has 0 aromatic carbocycles. The van der Waals surface area contributed by atoms with E-state index in [9.17, 15) is 9.90 Å². The summed E-state index contributed by atoms with van der Waals surface area (Å²) in [5, 5.41) is 18.4. The number of nitrogens with one attached hydrogen (secondary N) is 2. The van der Waals surface area contributed by atoms with E-state index < -0.39 is 0 Å². The largest absolute Gasteiger partial charge is 0.393 e. The van der Waals surface area contributed by atoms with E-state index in [0.717, 1.165) is 18.6 Å². The van der Waals surface area contributed by atoms with Crippen molar-refractivity contribution in [2.75, 3.05) is 13.1 Å². The molecule has 39 heavy (non-hydrogen) atoms. The molecule has 2 saturated carbocycles. The maximum Gasteiger partial charge on any atom is 0.234 e. The van der Waals surface area contributed by atoms with Gasteiger partial charge in [0.1, 0.15) is 11.2 Å². The van der Waals surface area contributed by atoms with Crippen molar-refractivity contribution >= 4 is 33.1 Å². The van der Waals surface area contributed by atoms with Crippen LogP contribution in [0.3, 0.4) is 0 Å². The van der Waals surface area contributed by atoms with Crippen LogP contribution in [0.25, 0.3) is 27.1 Å². The summed E-state index contributed by atoms with van der Waals surface area (Å²) in [5.41, 5.74) is 8.57. The van der Waals surface area contributed by atoms with Crippen LogP contribution < -0.4 is 5.32 Å². The lowest BCUT2D eigenvalue weighted by Gasteiger charge is -2.34. The predicted octanol–water partition coefficient (Wildman–Crippen LogP) is 4.81. The number of H-pyrrole nitrogens is 1. The van der Waals surface area contributed by atoms with Crippen LogP contribution in [0.2, 0.25) is 0 Å². The number of likely N-dealkylation sites (tertiary alicyclic amines) is 1. The van der Waals surface area contributed by atoms with Gasteiger partial charge in [-0.1, -0.05) is 13.8 Å². The Morgan fingerprint density at radius 1 is 1.18 bits per heavy atom. The van der Waals surface area contributed by atoms with Gasteiger partial charge in [0.05, 0.1) is 18.3 Å². The van der Waals surface area contributed by atoms with Gasteiger partial charge in [0.2, 0.25) is 5.91 Å². The van der Waals surface area contributed by atoms with Crippen LogP contribution in [-0.2, 0) is 4.79 Å². The summed E-state index contributed by atoms with van der Waals surface area (Å²) in [6, 6.07) is 0.639. The van der Waals surface area contributed by atoms with E-state index in [1.54, 1.807) is 6.33 Å². The maximum atomic E-state index is 12.6.